The first-order chi connectivity index (χ1) is 13.4. The Morgan fingerprint density at radius 2 is 1.75 bits per heavy atom. The summed E-state index contributed by atoms with van der Waals surface area (Å²) in [6.07, 6.45) is 3.21. The molecule has 0 radical (unpaired) electrons. The third kappa shape index (κ3) is 6.08. The van der Waals surface area contributed by atoms with E-state index in [4.69, 9.17) is 27.9 Å². The third-order valence-electron chi connectivity index (χ3n) is 4.98. The Labute approximate surface area is 176 Å². The standard InChI is InChI=1S/C22H24Cl2N2O2/c1-26(10-12-28-13-11-26)16-19-4-2-18(3-5-19)15-25-22(27)9-7-17-6-8-20(23)21(24)14-17/h2-9,14H,10-13,15-16H2,1H3/p+1. The zero-order valence-electron chi connectivity index (χ0n) is 16.0. The van der Waals surface area contributed by atoms with E-state index < -0.39 is 0 Å². The van der Waals surface area contributed by atoms with Crippen molar-refractivity contribution in [1.82, 2.24) is 5.32 Å². The number of carbonyl (C=O) groups excluding carboxylic acids is 1. The number of likely N-dealkylation sites (N-methyl/N-ethyl adjacent to an activating group) is 1. The first kappa shape index (κ1) is 20.9. The predicted octanol–water partition coefficient (Wildman–Crippen LogP) is 4.30. The molecule has 0 aliphatic carbocycles. The summed E-state index contributed by atoms with van der Waals surface area (Å²) in [4.78, 5) is 12.0. The molecule has 28 heavy (non-hydrogen) atoms. The molecule has 1 N–H and O–H groups in total. The van der Waals surface area contributed by atoms with Crippen molar-refractivity contribution in [1.29, 1.82) is 0 Å². The molecule has 1 fully saturated rings. The zero-order chi connectivity index (χ0) is 20.0. The summed E-state index contributed by atoms with van der Waals surface area (Å²) in [5.41, 5.74) is 3.21. The number of rotatable bonds is 6. The lowest BCUT2D eigenvalue weighted by Crippen LogP contribution is -2.51. The fourth-order valence-electron chi connectivity index (χ4n) is 3.18. The van der Waals surface area contributed by atoms with E-state index in [1.807, 2.05) is 6.07 Å². The van der Waals surface area contributed by atoms with Crippen LogP contribution < -0.4 is 5.32 Å². The molecular formula is C22H25Cl2N2O2+. The van der Waals surface area contributed by atoms with Crippen LogP contribution in [-0.4, -0.2) is 43.7 Å². The quantitative estimate of drug-likeness (QED) is 0.559. The van der Waals surface area contributed by atoms with E-state index in [0.717, 1.165) is 48.5 Å². The SMILES string of the molecule is C[N+]1(Cc2ccc(CNC(=O)C=Cc3ccc(Cl)c(Cl)c3)cc2)CCOCC1. The number of quaternary nitrogens is 1. The topological polar surface area (TPSA) is 38.3 Å². The molecule has 0 aromatic heterocycles. The van der Waals surface area contributed by atoms with Crippen molar-refractivity contribution in [3.05, 3.63) is 75.3 Å². The summed E-state index contributed by atoms with van der Waals surface area (Å²) in [6, 6.07) is 13.7. The molecule has 0 spiro atoms. The van der Waals surface area contributed by atoms with Crippen molar-refractivity contribution in [2.45, 2.75) is 13.1 Å². The predicted molar refractivity (Wildman–Crippen MR) is 114 cm³/mol. The highest BCUT2D eigenvalue weighted by molar-refractivity contribution is 6.42. The van der Waals surface area contributed by atoms with Gasteiger partial charge in [0.2, 0.25) is 5.91 Å². The van der Waals surface area contributed by atoms with Crippen molar-refractivity contribution in [2.24, 2.45) is 0 Å². The van der Waals surface area contributed by atoms with Crippen molar-refractivity contribution in [2.75, 3.05) is 33.4 Å². The Morgan fingerprint density at radius 1 is 1.07 bits per heavy atom. The molecule has 0 unspecified atom stereocenters. The second-order valence-corrected chi connectivity index (χ2v) is 8.19. The third-order valence-corrected chi connectivity index (χ3v) is 5.71. The van der Waals surface area contributed by atoms with Gasteiger partial charge in [-0.15, -0.1) is 0 Å². The number of ether oxygens (including phenoxy) is 1. The van der Waals surface area contributed by atoms with Gasteiger partial charge in [0.25, 0.3) is 0 Å². The zero-order valence-corrected chi connectivity index (χ0v) is 17.5. The summed E-state index contributed by atoms with van der Waals surface area (Å²) in [7, 11) is 2.27. The lowest BCUT2D eigenvalue weighted by molar-refractivity contribution is -0.929. The van der Waals surface area contributed by atoms with Gasteiger partial charge in [0.05, 0.1) is 30.3 Å². The molecule has 6 heteroatoms. The lowest BCUT2D eigenvalue weighted by atomic mass is 10.1. The Morgan fingerprint density at radius 3 is 2.43 bits per heavy atom. The van der Waals surface area contributed by atoms with Crippen LogP contribution in [0.1, 0.15) is 16.7 Å². The fraction of sp³-hybridized carbons (Fsp3) is 0.318. The lowest BCUT2D eigenvalue weighted by Gasteiger charge is -2.37. The maximum Gasteiger partial charge on any atom is 0.244 e. The number of halogens is 2. The van der Waals surface area contributed by atoms with Crippen molar-refractivity contribution < 1.29 is 14.0 Å². The van der Waals surface area contributed by atoms with E-state index in [1.165, 1.54) is 11.6 Å². The van der Waals surface area contributed by atoms with E-state index >= 15 is 0 Å². The van der Waals surface area contributed by atoms with Crippen LogP contribution in [0.3, 0.4) is 0 Å². The average Bonchev–Trinajstić information content (AvgIpc) is 2.68. The highest BCUT2D eigenvalue weighted by Crippen LogP contribution is 2.23. The molecule has 3 rings (SSSR count). The first-order valence-electron chi connectivity index (χ1n) is 9.34. The number of nitrogens with zero attached hydrogens (tertiary/aromatic N) is 1. The molecule has 1 amide bonds. The Kier molecular flexibility index (Phi) is 7.13. The smallest absolute Gasteiger partial charge is 0.244 e. The van der Waals surface area contributed by atoms with Gasteiger partial charge in [0.1, 0.15) is 19.6 Å². The molecule has 1 aliphatic rings. The highest BCUT2D eigenvalue weighted by Gasteiger charge is 2.25. The van der Waals surface area contributed by atoms with Gasteiger partial charge in [-0.25, -0.2) is 0 Å². The molecule has 148 valence electrons. The van der Waals surface area contributed by atoms with Gasteiger partial charge in [0.15, 0.2) is 0 Å². The van der Waals surface area contributed by atoms with Crippen molar-refractivity contribution >= 4 is 35.2 Å². The number of benzene rings is 2. The first-order valence-corrected chi connectivity index (χ1v) is 10.1. The number of morpholine rings is 1. The number of hydrogen-bond donors (Lipinski definition) is 1. The van der Waals surface area contributed by atoms with E-state index in [-0.39, 0.29) is 5.91 Å². The molecule has 2 aromatic rings. The van der Waals surface area contributed by atoms with Gasteiger partial charge >= 0.3 is 0 Å². The van der Waals surface area contributed by atoms with Crippen LogP contribution in [0, 0.1) is 0 Å². The minimum absolute atomic E-state index is 0.151. The molecule has 1 aliphatic heterocycles. The van der Waals surface area contributed by atoms with Crippen LogP contribution in [-0.2, 0) is 22.6 Å². The monoisotopic (exact) mass is 419 g/mol. The van der Waals surface area contributed by atoms with Crippen LogP contribution in [0.5, 0.6) is 0 Å². The van der Waals surface area contributed by atoms with Gasteiger partial charge in [-0.3, -0.25) is 4.79 Å². The number of amides is 1. The molecule has 0 saturated carbocycles. The van der Waals surface area contributed by atoms with Gasteiger partial charge in [0, 0.05) is 18.2 Å². The summed E-state index contributed by atoms with van der Waals surface area (Å²) in [6.45, 7) is 5.24. The van der Waals surface area contributed by atoms with Crippen LogP contribution >= 0.6 is 23.2 Å². The van der Waals surface area contributed by atoms with Crippen LogP contribution in [0.25, 0.3) is 6.08 Å². The van der Waals surface area contributed by atoms with Gasteiger partial charge in [-0.1, -0.05) is 53.5 Å². The molecule has 1 heterocycles. The largest absolute Gasteiger partial charge is 0.370 e. The minimum atomic E-state index is -0.151. The normalized spacial score (nSPS) is 16.2. The second-order valence-electron chi connectivity index (χ2n) is 7.38. The Balaban J connectivity index is 1.49. The van der Waals surface area contributed by atoms with Gasteiger partial charge in [-0.05, 0) is 29.3 Å². The summed E-state index contributed by atoms with van der Waals surface area (Å²) < 4.78 is 6.47. The summed E-state index contributed by atoms with van der Waals surface area (Å²) in [5, 5.41) is 3.86. The second kappa shape index (κ2) is 9.57. The van der Waals surface area contributed by atoms with E-state index in [1.54, 1.807) is 18.2 Å². The number of carbonyl (C=O) groups is 1. The fourth-order valence-corrected chi connectivity index (χ4v) is 3.49. The minimum Gasteiger partial charge on any atom is -0.370 e. The van der Waals surface area contributed by atoms with Crippen LogP contribution in [0.15, 0.2) is 48.5 Å². The Bertz CT molecular complexity index is 844. The van der Waals surface area contributed by atoms with Crippen molar-refractivity contribution in [3.8, 4) is 0 Å². The maximum absolute atomic E-state index is 12.0. The average molecular weight is 420 g/mol. The molecule has 2 aromatic carbocycles. The Hall–Kier alpha value is -1.85. The van der Waals surface area contributed by atoms with Crippen LogP contribution in [0.2, 0.25) is 10.0 Å². The molecule has 4 nitrogen and oxygen atoms in total. The molecule has 0 bridgehead atoms. The van der Waals surface area contributed by atoms with Crippen molar-refractivity contribution in [3.63, 3.8) is 0 Å². The molecule has 1 saturated heterocycles. The van der Waals surface area contributed by atoms with Gasteiger partial charge in [-0.2, -0.15) is 0 Å². The maximum atomic E-state index is 12.0. The summed E-state index contributed by atoms with van der Waals surface area (Å²) >= 11 is 11.9. The van der Waals surface area contributed by atoms with Gasteiger partial charge < -0.3 is 14.5 Å². The highest BCUT2D eigenvalue weighted by atomic mass is 35.5. The number of hydrogen-bond acceptors (Lipinski definition) is 2. The number of nitrogens with one attached hydrogen (secondary N) is 1. The van der Waals surface area contributed by atoms with E-state index in [9.17, 15) is 4.79 Å². The van der Waals surface area contributed by atoms with E-state index in [0.29, 0.717) is 16.6 Å². The van der Waals surface area contributed by atoms with E-state index in [2.05, 4.69) is 36.6 Å². The molecule has 0 atom stereocenters. The summed E-state index contributed by atoms with van der Waals surface area (Å²) in [5.74, 6) is -0.151. The molecular weight excluding hydrogens is 395 g/mol. The van der Waals surface area contributed by atoms with Crippen LogP contribution in [0.4, 0.5) is 0 Å².